The Hall–Kier alpha value is -3.74. The van der Waals surface area contributed by atoms with E-state index in [1.807, 2.05) is 43.0 Å². The quantitative estimate of drug-likeness (QED) is 0.610. The largest absolute Gasteiger partial charge is 0.441 e. The maximum absolute atomic E-state index is 12.9. The molecule has 1 aliphatic carbocycles. The minimum atomic E-state index is -0.589. The summed E-state index contributed by atoms with van der Waals surface area (Å²) in [4.78, 5) is 27.9. The number of carbonyl (C=O) groups excluding carboxylic acids is 1. The Morgan fingerprint density at radius 2 is 1.85 bits per heavy atom. The van der Waals surface area contributed by atoms with Gasteiger partial charge in [-0.1, -0.05) is 36.4 Å². The summed E-state index contributed by atoms with van der Waals surface area (Å²) in [5.41, 5.74) is 9.53. The molecule has 33 heavy (non-hydrogen) atoms. The lowest BCUT2D eigenvalue weighted by molar-refractivity contribution is 0.0668. The second kappa shape index (κ2) is 8.31. The molecule has 3 heterocycles. The highest BCUT2D eigenvalue weighted by molar-refractivity contribution is 5.76. The molecule has 7 nitrogen and oxygen atoms in total. The van der Waals surface area contributed by atoms with E-state index in [1.54, 1.807) is 24.7 Å². The van der Waals surface area contributed by atoms with Crippen molar-refractivity contribution >= 4 is 17.5 Å². The second-order valence-corrected chi connectivity index (χ2v) is 9.08. The third kappa shape index (κ3) is 3.95. The summed E-state index contributed by atoms with van der Waals surface area (Å²) in [6.07, 6.45) is 9.58. The molecule has 1 unspecified atom stereocenters. The average molecular weight is 442 g/mol. The lowest BCUT2D eigenvalue weighted by atomic mass is 9.86. The number of hydrogen-bond donors (Lipinski definition) is 1. The number of anilines is 1. The molecule has 1 aliphatic heterocycles. The zero-order chi connectivity index (χ0) is 23.0. The van der Waals surface area contributed by atoms with Crippen molar-refractivity contribution in [3.8, 4) is 11.4 Å². The van der Waals surface area contributed by atoms with Crippen LogP contribution in [0, 0.1) is 0 Å². The van der Waals surface area contributed by atoms with Gasteiger partial charge in [0.25, 0.3) is 0 Å². The number of nitrogen functional groups attached to an aromatic ring is 1. The van der Waals surface area contributed by atoms with Gasteiger partial charge in [-0.15, -0.1) is 0 Å². The van der Waals surface area contributed by atoms with E-state index in [2.05, 4.69) is 33.2 Å². The van der Waals surface area contributed by atoms with E-state index in [4.69, 9.17) is 10.5 Å². The van der Waals surface area contributed by atoms with Crippen molar-refractivity contribution in [1.82, 2.24) is 19.9 Å². The number of allylic oxidation sites excluding steroid dienone is 1. The molecule has 1 aromatic carbocycles. The minimum Gasteiger partial charge on any atom is -0.441 e. The summed E-state index contributed by atoms with van der Waals surface area (Å²) in [6.45, 7) is 3.97. The number of carbonyl (C=O) groups is 1. The van der Waals surface area contributed by atoms with Gasteiger partial charge >= 0.3 is 6.09 Å². The second-order valence-electron chi connectivity index (χ2n) is 9.08. The van der Waals surface area contributed by atoms with Crippen molar-refractivity contribution in [2.45, 2.75) is 50.8 Å². The van der Waals surface area contributed by atoms with Crippen molar-refractivity contribution < 1.29 is 9.53 Å². The molecule has 168 valence electrons. The van der Waals surface area contributed by atoms with E-state index in [9.17, 15) is 4.79 Å². The summed E-state index contributed by atoms with van der Waals surface area (Å²) < 4.78 is 5.80. The van der Waals surface area contributed by atoms with Crippen LogP contribution in [0.15, 0.2) is 67.1 Å². The van der Waals surface area contributed by atoms with Gasteiger partial charge in [-0.2, -0.15) is 0 Å². The first-order valence-electron chi connectivity index (χ1n) is 11.2. The number of nitrogens with two attached hydrogens (primary N) is 1. The molecule has 0 radical (unpaired) electrons. The average Bonchev–Trinajstić information content (AvgIpc) is 3.08. The highest BCUT2D eigenvalue weighted by atomic mass is 16.6. The normalized spacial score (nSPS) is 22.1. The van der Waals surface area contributed by atoms with E-state index in [-0.39, 0.29) is 18.2 Å². The number of hydrogen-bond acceptors (Lipinski definition) is 6. The Balaban J connectivity index is 1.41. The van der Waals surface area contributed by atoms with Crippen molar-refractivity contribution in [1.29, 1.82) is 0 Å². The van der Waals surface area contributed by atoms with Crippen LogP contribution in [0.25, 0.3) is 17.0 Å². The van der Waals surface area contributed by atoms with Crippen molar-refractivity contribution in [3.05, 3.63) is 78.3 Å². The number of cyclic esters (lactones) is 1. The van der Waals surface area contributed by atoms with E-state index in [1.165, 1.54) is 5.57 Å². The molecule has 1 fully saturated rings. The lowest BCUT2D eigenvalue weighted by Crippen LogP contribution is -2.41. The van der Waals surface area contributed by atoms with Crippen LogP contribution in [0.5, 0.6) is 0 Å². The summed E-state index contributed by atoms with van der Waals surface area (Å²) in [7, 11) is 0. The molecule has 2 atom stereocenters. The summed E-state index contributed by atoms with van der Waals surface area (Å²) in [5, 5.41) is 0. The number of nitrogens with zero attached hydrogens (tertiary/aromatic N) is 4. The number of pyridine rings is 1. The SMILES string of the molecule is CC1(C)OC(=O)N([C@H]2CC=C(c3cnc(N)c(-c4ncccn4)c3)CC2)C1c1ccccc1. The minimum absolute atomic E-state index is 0.0758. The number of ether oxygens (including phenoxy) is 1. The molecule has 1 amide bonds. The Kier molecular flexibility index (Phi) is 5.32. The fourth-order valence-electron chi connectivity index (χ4n) is 4.93. The first-order chi connectivity index (χ1) is 15.9. The van der Waals surface area contributed by atoms with Crippen LogP contribution in [0.3, 0.4) is 0 Å². The lowest BCUT2D eigenvalue weighted by Gasteiger charge is -2.36. The Morgan fingerprint density at radius 3 is 2.55 bits per heavy atom. The van der Waals surface area contributed by atoms with Gasteiger partial charge in [0.05, 0.1) is 11.6 Å². The smallest absolute Gasteiger partial charge is 0.411 e. The molecule has 2 aromatic heterocycles. The summed E-state index contributed by atoms with van der Waals surface area (Å²) in [6, 6.07) is 13.9. The van der Waals surface area contributed by atoms with Gasteiger partial charge in [-0.3, -0.25) is 4.90 Å². The fourth-order valence-corrected chi connectivity index (χ4v) is 4.93. The van der Waals surface area contributed by atoms with Gasteiger partial charge in [-0.25, -0.2) is 19.7 Å². The van der Waals surface area contributed by atoms with Crippen LogP contribution in [-0.2, 0) is 4.74 Å². The van der Waals surface area contributed by atoms with Crippen molar-refractivity contribution in [2.75, 3.05) is 5.73 Å². The molecule has 1 saturated heterocycles. The van der Waals surface area contributed by atoms with Gasteiger partial charge in [-0.05, 0) is 61.9 Å². The molecule has 3 aromatic rings. The highest BCUT2D eigenvalue weighted by Crippen LogP contribution is 2.45. The molecule has 0 bridgehead atoms. The van der Waals surface area contributed by atoms with Gasteiger partial charge in [0.1, 0.15) is 11.4 Å². The van der Waals surface area contributed by atoms with Crippen molar-refractivity contribution in [2.24, 2.45) is 0 Å². The molecule has 0 saturated carbocycles. The molecule has 2 N–H and O–H groups in total. The zero-order valence-corrected chi connectivity index (χ0v) is 18.8. The zero-order valence-electron chi connectivity index (χ0n) is 18.8. The molecular weight excluding hydrogens is 414 g/mol. The van der Waals surface area contributed by atoms with Crippen LogP contribution in [0.2, 0.25) is 0 Å². The van der Waals surface area contributed by atoms with Crippen LogP contribution in [-0.4, -0.2) is 37.6 Å². The molecule has 7 heteroatoms. The van der Waals surface area contributed by atoms with E-state index in [0.29, 0.717) is 11.6 Å². The Labute approximate surface area is 193 Å². The first-order valence-corrected chi connectivity index (χ1v) is 11.2. The van der Waals surface area contributed by atoms with E-state index in [0.717, 1.165) is 36.0 Å². The first kappa shape index (κ1) is 21.1. The third-order valence-electron chi connectivity index (χ3n) is 6.49. The van der Waals surface area contributed by atoms with E-state index < -0.39 is 5.60 Å². The summed E-state index contributed by atoms with van der Waals surface area (Å²) >= 11 is 0. The maximum Gasteiger partial charge on any atom is 0.411 e. The van der Waals surface area contributed by atoms with E-state index >= 15 is 0 Å². The molecule has 0 spiro atoms. The van der Waals surface area contributed by atoms with Gasteiger partial charge in [0, 0.05) is 24.6 Å². The number of aromatic nitrogens is 3. The Bertz CT molecular complexity index is 1190. The number of benzene rings is 1. The fraction of sp³-hybridized carbons (Fsp3) is 0.308. The molecular formula is C26H27N5O2. The van der Waals surface area contributed by atoms with Gasteiger partial charge in [0.15, 0.2) is 5.82 Å². The van der Waals surface area contributed by atoms with Gasteiger partial charge < -0.3 is 10.5 Å². The standard InChI is InChI=1S/C26H27N5O2/c1-26(2)22(18-7-4-3-5-8-18)31(25(32)33-26)20-11-9-17(10-12-20)19-15-21(23(27)30-16-19)24-28-13-6-14-29-24/h3-9,13-16,20,22H,10-12H2,1-2H3,(H2,27,30)/t20-,22?/m0/s1. The van der Waals surface area contributed by atoms with Crippen LogP contribution in [0.1, 0.15) is 50.3 Å². The predicted molar refractivity (Wildman–Crippen MR) is 127 cm³/mol. The monoisotopic (exact) mass is 441 g/mol. The van der Waals surface area contributed by atoms with Crippen LogP contribution in [0.4, 0.5) is 10.6 Å². The summed E-state index contributed by atoms with van der Waals surface area (Å²) in [5.74, 6) is 0.971. The topological polar surface area (TPSA) is 94.2 Å². The van der Waals surface area contributed by atoms with Crippen LogP contribution < -0.4 is 5.73 Å². The Morgan fingerprint density at radius 1 is 1.09 bits per heavy atom. The third-order valence-corrected chi connectivity index (χ3v) is 6.49. The predicted octanol–water partition coefficient (Wildman–Crippen LogP) is 5.03. The molecule has 2 aliphatic rings. The highest BCUT2D eigenvalue weighted by Gasteiger charge is 2.50. The number of rotatable bonds is 4. The van der Waals surface area contributed by atoms with Gasteiger partial charge in [0.2, 0.25) is 0 Å². The maximum atomic E-state index is 12.9. The van der Waals surface area contributed by atoms with Crippen LogP contribution >= 0.6 is 0 Å². The van der Waals surface area contributed by atoms with Crippen molar-refractivity contribution in [3.63, 3.8) is 0 Å². The number of amides is 1. The molecule has 5 rings (SSSR count).